The molecule has 5 heteroatoms. The summed E-state index contributed by atoms with van der Waals surface area (Å²) < 4.78 is 18.1. The zero-order chi connectivity index (χ0) is 12.3. The Morgan fingerprint density at radius 1 is 1.56 bits per heavy atom. The maximum absolute atomic E-state index is 12.8. The van der Waals surface area contributed by atoms with Gasteiger partial charge in [0.25, 0.3) is 0 Å². The van der Waals surface area contributed by atoms with Gasteiger partial charge in [-0.2, -0.15) is 0 Å². The molecule has 0 saturated carbocycles. The second-order valence-electron chi connectivity index (χ2n) is 3.98. The smallest absolute Gasteiger partial charge is 0.240 e. The van der Waals surface area contributed by atoms with Crippen LogP contribution in [-0.2, 0) is 4.79 Å². The summed E-state index contributed by atoms with van der Waals surface area (Å²) in [5.41, 5.74) is 10.1. The largest absolute Gasteiger partial charge is 0.491 e. The second-order valence-corrected chi connectivity index (χ2v) is 3.98. The van der Waals surface area contributed by atoms with E-state index in [-0.39, 0.29) is 12.4 Å². The number of halogens is 1. The van der Waals surface area contributed by atoms with Gasteiger partial charge in [0.05, 0.1) is 0 Å². The quantitative estimate of drug-likeness (QED) is 0.793. The number of benzene rings is 1. The number of hydrogen-bond acceptors (Lipinski definition) is 3. The third-order valence-corrected chi connectivity index (χ3v) is 2.23. The van der Waals surface area contributed by atoms with Crippen LogP contribution in [-0.4, -0.2) is 18.1 Å². The minimum Gasteiger partial charge on any atom is -0.491 e. The highest BCUT2D eigenvalue weighted by Gasteiger charge is 2.26. The van der Waals surface area contributed by atoms with Gasteiger partial charge in [0.2, 0.25) is 5.91 Å². The van der Waals surface area contributed by atoms with E-state index in [1.54, 1.807) is 6.92 Å². The first kappa shape index (κ1) is 12.4. The zero-order valence-corrected chi connectivity index (χ0v) is 9.29. The molecular formula is C11H15FN2O2. The number of ether oxygens (including phenoxy) is 1. The third-order valence-electron chi connectivity index (χ3n) is 2.23. The molecule has 0 spiro atoms. The molecule has 1 atom stereocenters. The van der Waals surface area contributed by atoms with Crippen molar-refractivity contribution < 1.29 is 13.9 Å². The highest BCUT2D eigenvalue weighted by atomic mass is 19.1. The summed E-state index contributed by atoms with van der Waals surface area (Å²) in [5, 5.41) is 0. The van der Waals surface area contributed by atoms with Crippen molar-refractivity contribution in [1.82, 2.24) is 0 Å². The molecule has 16 heavy (non-hydrogen) atoms. The number of hydrogen-bond donors (Lipinski definition) is 2. The van der Waals surface area contributed by atoms with Gasteiger partial charge in [0.15, 0.2) is 0 Å². The number of aryl methyl sites for hydroxylation is 1. The standard InChI is InChI=1S/C11H15FN2O2/c1-7-5-8(12)3-4-9(7)16-6-11(2,14)10(13)15/h3-5H,6,14H2,1-2H3,(H2,13,15). The summed E-state index contributed by atoms with van der Waals surface area (Å²) in [6.45, 7) is 3.14. The Labute approximate surface area is 93.4 Å². The molecule has 1 rings (SSSR count). The van der Waals surface area contributed by atoms with E-state index in [0.717, 1.165) is 0 Å². The van der Waals surface area contributed by atoms with Crippen molar-refractivity contribution in [2.45, 2.75) is 19.4 Å². The lowest BCUT2D eigenvalue weighted by molar-refractivity contribution is -0.123. The predicted octanol–water partition coefficient (Wildman–Crippen LogP) is 0.716. The summed E-state index contributed by atoms with van der Waals surface area (Å²) >= 11 is 0. The highest BCUT2D eigenvalue weighted by Crippen LogP contribution is 2.19. The molecule has 0 bridgehead atoms. The lowest BCUT2D eigenvalue weighted by Gasteiger charge is -2.21. The fourth-order valence-corrected chi connectivity index (χ4v) is 1.07. The normalized spacial score (nSPS) is 14.2. The molecule has 1 aromatic carbocycles. The third kappa shape index (κ3) is 2.93. The summed E-state index contributed by atoms with van der Waals surface area (Å²) in [6.07, 6.45) is 0. The number of amides is 1. The molecule has 0 aromatic heterocycles. The van der Waals surface area contributed by atoms with Crippen LogP contribution in [0.2, 0.25) is 0 Å². The Kier molecular flexibility index (Phi) is 3.49. The Bertz CT molecular complexity index is 405. The van der Waals surface area contributed by atoms with Crippen LogP contribution in [0.15, 0.2) is 18.2 Å². The van der Waals surface area contributed by atoms with Crippen molar-refractivity contribution in [3.05, 3.63) is 29.6 Å². The Morgan fingerprint density at radius 2 is 2.19 bits per heavy atom. The molecule has 1 unspecified atom stereocenters. The number of nitrogens with two attached hydrogens (primary N) is 2. The maximum Gasteiger partial charge on any atom is 0.240 e. The van der Waals surface area contributed by atoms with E-state index in [4.69, 9.17) is 16.2 Å². The van der Waals surface area contributed by atoms with Crippen LogP contribution in [0.1, 0.15) is 12.5 Å². The van der Waals surface area contributed by atoms with Crippen LogP contribution in [0, 0.1) is 12.7 Å². The maximum atomic E-state index is 12.8. The lowest BCUT2D eigenvalue weighted by Crippen LogP contribution is -2.53. The van der Waals surface area contributed by atoms with E-state index >= 15 is 0 Å². The SMILES string of the molecule is Cc1cc(F)ccc1OCC(C)(N)C(N)=O. The van der Waals surface area contributed by atoms with E-state index in [2.05, 4.69) is 0 Å². The van der Waals surface area contributed by atoms with Crippen molar-refractivity contribution in [1.29, 1.82) is 0 Å². The van der Waals surface area contributed by atoms with Crippen LogP contribution in [0.4, 0.5) is 4.39 Å². The van der Waals surface area contributed by atoms with Gasteiger partial charge in [-0.25, -0.2) is 4.39 Å². The van der Waals surface area contributed by atoms with Gasteiger partial charge in [0.1, 0.15) is 23.7 Å². The molecule has 0 radical (unpaired) electrons. The number of carbonyl (C=O) groups excluding carboxylic acids is 1. The summed E-state index contributed by atoms with van der Waals surface area (Å²) in [4.78, 5) is 10.9. The molecule has 0 aliphatic heterocycles. The Balaban J connectivity index is 2.72. The molecule has 1 aromatic rings. The van der Waals surface area contributed by atoms with Crippen LogP contribution < -0.4 is 16.2 Å². The Morgan fingerprint density at radius 3 is 2.69 bits per heavy atom. The highest BCUT2D eigenvalue weighted by molar-refractivity contribution is 5.84. The van der Waals surface area contributed by atoms with Crippen LogP contribution in [0.5, 0.6) is 5.75 Å². The average Bonchev–Trinajstić information content (AvgIpc) is 2.16. The molecule has 4 N–H and O–H groups in total. The van der Waals surface area contributed by atoms with Gasteiger partial charge >= 0.3 is 0 Å². The average molecular weight is 226 g/mol. The molecule has 1 amide bonds. The molecule has 0 aliphatic carbocycles. The minimum absolute atomic E-state index is 0.0468. The van der Waals surface area contributed by atoms with Crippen molar-refractivity contribution in [3.63, 3.8) is 0 Å². The first-order valence-electron chi connectivity index (χ1n) is 4.80. The predicted molar refractivity (Wildman–Crippen MR) is 58.4 cm³/mol. The lowest BCUT2D eigenvalue weighted by atomic mass is 10.1. The number of primary amides is 1. The Hall–Kier alpha value is -1.62. The van der Waals surface area contributed by atoms with E-state index in [0.29, 0.717) is 11.3 Å². The van der Waals surface area contributed by atoms with E-state index in [1.165, 1.54) is 25.1 Å². The second kappa shape index (κ2) is 4.49. The molecular weight excluding hydrogens is 211 g/mol. The fraction of sp³-hybridized carbons (Fsp3) is 0.364. The van der Waals surface area contributed by atoms with Crippen molar-refractivity contribution in [2.24, 2.45) is 11.5 Å². The van der Waals surface area contributed by atoms with Crippen LogP contribution >= 0.6 is 0 Å². The van der Waals surface area contributed by atoms with Crippen LogP contribution in [0.25, 0.3) is 0 Å². The summed E-state index contributed by atoms with van der Waals surface area (Å²) in [7, 11) is 0. The van der Waals surface area contributed by atoms with Gasteiger partial charge in [-0.1, -0.05) is 0 Å². The van der Waals surface area contributed by atoms with E-state index in [9.17, 15) is 9.18 Å². The van der Waals surface area contributed by atoms with Crippen molar-refractivity contribution in [2.75, 3.05) is 6.61 Å². The summed E-state index contributed by atoms with van der Waals surface area (Å²) in [5.74, 6) is -0.498. The fourth-order valence-electron chi connectivity index (χ4n) is 1.07. The first-order valence-corrected chi connectivity index (χ1v) is 4.80. The number of carbonyl (C=O) groups is 1. The topological polar surface area (TPSA) is 78.3 Å². The van der Waals surface area contributed by atoms with Gasteiger partial charge < -0.3 is 16.2 Å². The molecule has 0 heterocycles. The monoisotopic (exact) mass is 226 g/mol. The molecule has 0 saturated heterocycles. The van der Waals surface area contributed by atoms with E-state index < -0.39 is 11.4 Å². The molecule has 0 aliphatic rings. The zero-order valence-electron chi connectivity index (χ0n) is 9.29. The van der Waals surface area contributed by atoms with Crippen molar-refractivity contribution >= 4 is 5.91 Å². The van der Waals surface area contributed by atoms with Gasteiger partial charge in [-0.3, -0.25) is 4.79 Å². The molecule has 88 valence electrons. The van der Waals surface area contributed by atoms with Gasteiger partial charge in [-0.05, 0) is 37.6 Å². The molecule has 0 fully saturated rings. The van der Waals surface area contributed by atoms with Gasteiger partial charge in [0, 0.05) is 0 Å². The van der Waals surface area contributed by atoms with E-state index in [1.807, 2.05) is 0 Å². The minimum atomic E-state index is -1.24. The first-order chi connectivity index (χ1) is 7.33. The summed E-state index contributed by atoms with van der Waals surface area (Å²) in [6, 6.07) is 4.11. The van der Waals surface area contributed by atoms with Crippen LogP contribution in [0.3, 0.4) is 0 Å². The van der Waals surface area contributed by atoms with Crippen molar-refractivity contribution in [3.8, 4) is 5.75 Å². The van der Waals surface area contributed by atoms with Gasteiger partial charge in [-0.15, -0.1) is 0 Å². The molecule has 4 nitrogen and oxygen atoms in total. The number of rotatable bonds is 4.